The van der Waals surface area contributed by atoms with E-state index < -0.39 is 45.0 Å². The standard InChI is InChI=1S/C9H20BNO2.C8H17BN2O3.C7H16BNO3.3CO2/c1-4-7(10(3)13)6-9(12)8(11)5-2;1-2-6(10)8(12)11-5-3-4-7(11)9(13)14;1-3-6(9)7(10)4-5(2)8(11)12;3*2-1-3/h7-8,13H,4-6,11H2,1-3H3;6-7,13-14H,2-5,10H2,1H3;5-6,11-12H,3-4,9H2,1-2H3;;;/t7-,8?;6?,7-;5-,6?;;;/m101.../s1. The van der Waals surface area contributed by atoms with Crippen molar-refractivity contribution in [2.24, 2.45) is 17.2 Å². The minimum atomic E-state index is -1.45. The number of nitrogens with two attached hydrogens (primary N) is 3. The summed E-state index contributed by atoms with van der Waals surface area (Å²) in [5, 5.41) is 44.8. The van der Waals surface area contributed by atoms with Crippen LogP contribution in [0.15, 0.2) is 0 Å². The highest BCUT2D eigenvalue weighted by atomic mass is 16.4. The quantitative estimate of drug-likeness (QED) is 0.0880. The molecule has 48 heavy (non-hydrogen) atoms. The van der Waals surface area contributed by atoms with E-state index in [0.717, 1.165) is 12.8 Å². The third kappa shape index (κ3) is 29.0. The summed E-state index contributed by atoms with van der Waals surface area (Å²) in [5.41, 5.74) is 16.6. The zero-order chi connectivity index (χ0) is 39.0. The Hall–Kier alpha value is -3.18. The average molecular weight is 690 g/mol. The molecule has 18 nitrogen and oxygen atoms in total. The van der Waals surface area contributed by atoms with Crippen LogP contribution in [0.4, 0.5) is 0 Å². The van der Waals surface area contributed by atoms with Gasteiger partial charge in [-0.05, 0) is 43.7 Å². The molecule has 11 N–H and O–H groups in total. The number of carbonyl (C=O) groups is 3. The zero-order valence-electron chi connectivity index (χ0n) is 28.6. The Morgan fingerprint density at radius 3 is 1.40 bits per heavy atom. The topological polar surface area (TPSA) is 336 Å². The van der Waals surface area contributed by atoms with Crippen molar-refractivity contribution in [3.63, 3.8) is 0 Å². The van der Waals surface area contributed by atoms with E-state index in [9.17, 15) is 19.4 Å². The predicted octanol–water partition coefficient (Wildman–Crippen LogP) is -2.40. The van der Waals surface area contributed by atoms with Crippen LogP contribution in [0.1, 0.15) is 86.0 Å². The molecule has 0 bridgehead atoms. The Morgan fingerprint density at radius 1 is 0.729 bits per heavy atom. The van der Waals surface area contributed by atoms with Gasteiger partial charge in [-0.3, -0.25) is 14.4 Å². The van der Waals surface area contributed by atoms with Gasteiger partial charge in [-0.15, -0.1) is 0 Å². The van der Waals surface area contributed by atoms with Gasteiger partial charge in [-0.25, -0.2) is 0 Å². The van der Waals surface area contributed by atoms with Crippen molar-refractivity contribution in [3.05, 3.63) is 0 Å². The monoisotopic (exact) mass is 690 g/mol. The molecule has 3 unspecified atom stereocenters. The summed E-state index contributed by atoms with van der Waals surface area (Å²) in [4.78, 5) is 84.5. The van der Waals surface area contributed by atoms with Crippen molar-refractivity contribution in [3.8, 4) is 0 Å². The van der Waals surface area contributed by atoms with Crippen LogP contribution < -0.4 is 17.2 Å². The largest absolute Gasteiger partial charge is 0.475 e. The number of likely N-dealkylation sites (tertiary alicyclic amines) is 1. The molecule has 0 aromatic carbocycles. The fraction of sp³-hybridized carbons (Fsp3) is 0.778. The van der Waals surface area contributed by atoms with Gasteiger partial charge in [0.15, 0.2) is 0 Å². The molecule has 274 valence electrons. The molecule has 1 rings (SSSR count). The van der Waals surface area contributed by atoms with Crippen LogP contribution >= 0.6 is 0 Å². The fourth-order valence-electron chi connectivity index (χ4n) is 3.86. The van der Waals surface area contributed by atoms with E-state index in [1.54, 1.807) is 13.7 Å². The number of nitrogens with zero attached hydrogens (tertiary/aromatic N) is 1. The summed E-state index contributed by atoms with van der Waals surface area (Å²) < 4.78 is 0. The molecule has 1 amide bonds. The van der Waals surface area contributed by atoms with E-state index in [0.29, 0.717) is 38.6 Å². The Labute approximate surface area is 282 Å². The number of amides is 1. The minimum absolute atomic E-state index is 0.0603. The molecule has 0 aromatic heterocycles. The Morgan fingerprint density at radius 2 is 1.10 bits per heavy atom. The highest BCUT2D eigenvalue weighted by molar-refractivity contribution is 6.50. The highest BCUT2D eigenvalue weighted by Crippen LogP contribution is 2.20. The smallest absolute Gasteiger partial charge is 0.450 e. The molecule has 0 radical (unpaired) electrons. The number of rotatable bonds is 14. The van der Waals surface area contributed by atoms with Gasteiger partial charge in [0.25, 0.3) is 6.92 Å². The van der Waals surface area contributed by atoms with Gasteiger partial charge in [0.05, 0.1) is 24.1 Å². The Bertz CT molecular complexity index is 931. The summed E-state index contributed by atoms with van der Waals surface area (Å²) >= 11 is 0. The molecule has 1 aliphatic heterocycles. The van der Waals surface area contributed by atoms with Crippen molar-refractivity contribution in [1.29, 1.82) is 0 Å². The lowest BCUT2D eigenvalue weighted by atomic mass is 9.56. The second-order valence-corrected chi connectivity index (χ2v) is 10.6. The Kier molecular flexibility index (Phi) is 39.7. The van der Waals surface area contributed by atoms with Crippen LogP contribution in [0.5, 0.6) is 0 Å². The summed E-state index contributed by atoms with van der Waals surface area (Å²) in [7, 11) is -2.89. The summed E-state index contributed by atoms with van der Waals surface area (Å²) in [6.07, 6.45) is 5.39. The Balaban J connectivity index is -0.000000171. The fourth-order valence-corrected chi connectivity index (χ4v) is 3.86. The first kappa shape index (κ1) is 54.3. The van der Waals surface area contributed by atoms with Gasteiger partial charge >= 0.3 is 32.7 Å². The van der Waals surface area contributed by atoms with Crippen LogP contribution in [-0.4, -0.2) is 118 Å². The van der Waals surface area contributed by atoms with Gasteiger partial charge in [-0.2, -0.15) is 28.8 Å². The molecule has 1 fully saturated rings. The highest BCUT2D eigenvalue weighted by Gasteiger charge is 2.38. The summed E-state index contributed by atoms with van der Waals surface area (Å²) in [5.74, 6) is -1.07. The van der Waals surface area contributed by atoms with Crippen LogP contribution in [0.3, 0.4) is 0 Å². The van der Waals surface area contributed by atoms with Crippen molar-refractivity contribution in [2.45, 2.75) is 129 Å². The van der Waals surface area contributed by atoms with Crippen LogP contribution in [0.25, 0.3) is 0 Å². The number of carbonyl (C=O) groups excluding carboxylic acids is 9. The molecule has 1 heterocycles. The van der Waals surface area contributed by atoms with Gasteiger partial charge < -0.3 is 47.2 Å². The normalized spacial score (nSPS) is 15.4. The van der Waals surface area contributed by atoms with Gasteiger partial charge in [-0.1, -0.05) is 47.9 Å². The summed E-state index contributed by atoms with van der Waals surface area (Å²) in [6.45, 7) is 11.0. The molecular weight excluding hydrogens is 637 g/mol. The molecule has 1 aliphatic rings. The minimum Gasteiger partial charge on any atom is -0.450 e. The first-order chi connectivity index (χ1) is 22.3. The molecule has 21 heteroatoms. The lowest BCUT2D eigenvalue weighted by molar-refractivity contribution is -0.193. The molecule has 6 atom stereocenters. The van der Waals surface area contributed by atoms with Crippen molar-refractivity contribution in [1.82, 2.24) is 4.90 Å². The molecule has 0 aliphatic carbocycles. The number of Topliss-reactive ketones (excluding diaryl/α,β-unsaturated/α-hetero) is 2. The van der Waals surface area contributed by atoms with Crippen molar-refractivity contribution >= 4 is 57.1 Å². The summed E-state index contributed by atoms with van der Waals surface area (Å²) in [6, 6.07) is -1.34. The molecule has 0 aromatic rings. The number of hydrogen-bond acceptors (Lipinski definition) is 17. The van der Waals surface area contributed by atoms with E-state index in [1.165, 1.54) is 4.90 Å². The van der Waals surface area contributed by atoms with Gasteiger partial charge in [0.2, 0.25) is 5.91 Å². The first-order valence-corrected chi connectivity index (χ1v) is 15.3. The maximum Gasteiger partial charge on any atom is 0.475 e. The third-order valence-corrected chi connectivity index (χ3v) is 7.09. The maximum absolute atomic E-state index is 11.7. The lowest BCUT2D eigenvalue weighted by Gasteiger charge is -2.26. The van der Waals surface area contributed by atoms with Gasteiger partial charge in [0, 0.05) is 19.4 Å². The number of hydrogen-bond donors (Lipinski definition) is 8. The van der Waals surface area contributed by atoms with E-state index >= 15 is 0 Å². The zero-order valence-corrected chi connectivity index (χ0v) is 28.6. The third-order valence-electron chi connectivity index (χ3n) is 7.09. The molecule has 1 saturated heterocycles. The van der Waals surface area contributed by atoms with E-state index in [4.69, 9.17) is 66.1 Å². The van der Waals surface area contributed by atoms with Crippen LogP contribution in [-0.2, 0) is 43.2 Å². The SMILES string of the molecule is CCC(N)C(=O)C[C@@H](C)B(O)O.CCC(N)C(=O)C[C@@H](CC)B(C)O.CCC(N)C(=O)N1CCC[C@H]1B(O)O.O=C=O.O=C=O.O=C=O. The molecule has 0 saturated carbocycles. The van der Waals surface area contributed by atoms with E-state index in [-0.39, 0.29) is 54.2 Å². The second kappa shape index (κ2) is 35.1. The van der Waals surface area contributed by atoms with E-state index in [1.807, 2.05) is 27.7 Å². The lowest BCUT2D eigenvalue weighted by Crippen LogP contribution is -2.51. The predicted molar refractivity (Wildman–Crippen MR) is 171 cm³/mol. The van der Waals surface area contributed by atoms with Crippen LogP contribution in [0.2, 0.25) is 18.5 Å². The van der Waals surface area contributed by atoms with E-state index in [2.05, 4.69) is 0 Å². The van der Waals surface area contributed by atoms with Crippen LogP contribution in [0, 0.1) is 0 Å². The van der Waals surface area contributed by atoms with Gasteiger partial charge in [0.1, 0.15) is 11.6 Å². The second-order valence-electron chi connectivity index (χ2n) is 10.6. The first-order valence-electron chi connectivity index (χ1n) is 15.3. The maximum atomic E-state index is 11.7. The molecular formula is C27H53B3N4O14. The molecule has 0 spiro atoms. The average Bonchev–Trinajstić information content (AvgIpc) is 3.54. The number of ketones is 2. The van der Waals surface area contributed by atoms with Crippen molar-refractivity contribution in [2.75, 3.05) is 6.54 Å². The van der Waals surface area contributed by atoms with Crippen molar-refractivity contribution < 1.29 is 68.3 Å².